The molecule has 0 aliphatic heterocycles. The van der Waals surface area contributed by atoms with Gasteiger partial charge in [-0.3, -0.25) is 4.79 Å². The third-order valence-corrected chi connectivity index (χ3v) is 4.99. The van der Waals surface area contributed by atoms with Gasteiger partial charge in [0.1, 0.15) is 5.82 Å². The summed E-state index contributed by atoms with van der Waals surface area (Å²) in [7, 11) is 0. The van der Waals surface area contributed by atoms with Crippen molar-refractivity contribution >= 4 is 11.7 Å². The number of hydrogen-bond acceptors (Lipinski definition) is 4. The van der Waals surface area contributed by atoms with Crippen LogP contribution in [0.25, 0.3) is 0 Å². The van der Waals surface area contributed by atoms with Gasteiger partial charge in [-0.2, -0.15) is 13.2 Å². The quantitative estimate of drug-likeness (QED) is 0.361. The minimum absolute atomic E-state index is 0.0736. The lowest BCUT2D eigenvalue weighted by Gasteiger charge is -2.15. The van der Waals surface area contributed by atoms with Crippen molar-refractivity contribution in [1.82, 2.24) is 5.16 Å². The molecule has 2 atom stereocenters. The van der Waals surface area contributed by atoms with E-state index in [1.54, 1.807) is 0 Å². The molecule has 0 fully saturated rings. The fourth-order valence-corrected chi connectivity index (χ4v) is 2.94. The average Bonchev–Trinajstić information content (AvgIpc) is 3.10. The Balaban J connectivity index is 0.000000303. The number of carbonyl (C=O) groups excluding carboxylic acids is 1. The summed E-state index contributed by atoms with van der Waals surface area (Å²) < 4.78 is 54.0. The summed E-state index contributed by atoms with van der Waals surface area (Å²) in [6.45, 7) is 7.91. The van der Waals surface area contributed by atoms with Gasteiger partial charge in [0.2, 0.25) is 5.88 Å². The standard InChI is InChI=1S/C13H24N2O.C9H6F4O/c1-4-6-11(8-7-10(3)5-2)12-9-13(14)16-15-12;1-5(14)6-2-3-7(8(10)4-6)9(11,12)13/h9-11H,4-8,14H2,1-3H3;2-4H,1H3/t10-,11?;/m1./s1. The molecule has 0 radical (unpaired) electrons. The van der Waals surface area contributed by atoms with E-state index in [1.165, 1.54) is 32.1 Å². The zero-order chi connectivity index (χ0) is 22.9. The molecule has 0 aliphatic carbocycles. The lowest BCUT2D eigenvalue weighted by atomic mass is 9.90. The molecule has 30 heavy (non-hydrogen) atoms. The number of hydrogen-bond donors (Lipinski definition) is 1. The molecular weight excluding hydrogens is 400 g/mol. The molecule has 2 N–H and O–H groups in total. The molecular formula is C22H30F4N2O2. The number of nitrogen functional groups attached to an aromatic ring is 1. The Morgan fingerprint density at radius 3 is 2.27 bits per heavy atom. The van der Waals surface area contributed by atoms with Gasteiger partial charge in [-0.15, -0.1) is 0 Å². The number of anilines is 1. The van der Waals surface area contributed by atoms with Gasteiger partial charge in [0, 0.05) is 17.5 Å². The lowest BCUT2D eigenvalue weighted by Crippen LogP contribution is -2.09. The summed E-state index contributed by atoms with van der Waals surface area (Å²) in [4.78, 5) is 10.7. The predicted octanol–water partition coefficient (Wildman–Crippen LogP) is 7.01. The van der Waals surface area contributed by atoms with Crippen LogP contribution in [0.1, 0.15) is 87.3 Å². The maximum Gasteiger partial charge on any atom is 0.419 e. The summed E-state index contributed by atoms with van der Waals surface area (Å²) in [5, 5.41) is 4.04. The molecule has 2 rings (SSSR count). The molecule has 0 amide bonds. The van der Waals surface area contributed by atoms with Crippen LogP contribution in [0.15, 0.2) is 28.8 Å². The topological polar surface area (TPSA) is 69.1 Å². The third-order valence-electron chi connectivity index (χ3n) is 4.99. The van der Waals surface area contributed by atoms with Gasteiger partial charge >= 0.3 is 6.18 Å². The largest absolute Gasteiger partial charge is 0.419 e. The number of ketones is 1. The predicted molar refractivity (Wildman–Crippen MR) is 109 cm³/mol. The summed E-state index contributed by atoms with van der Waals surface area (Å²) in [5.41, 5.74) is 5.16. The van der Waals surface area contributed by atoms with Crippen molar-refractivity contribution in [3.63, 3.8) is 0 Å². The third kappa shape index (κ3) is 8.16. The minimum Gasteiger partial charge on any atom is -0.368 e. The lowest BCUT2D eigenvalue weighted by molar-refractivity contribution is -0.140. The molecule has 8 heteroatoms. The Morgan fingerprint density at radius 2 is 1.83 bits per heavy atom. The van der Waals surface area contributed by atoms with Crippen molar-refractivity contribution in [3.8, 4) is 0 Å². The molecule has 0 saturated heterocycles. The van der Waals surface area contributed by atoms with Crippen LogP contribution in [-0.4, -0.2) is 10.9 Å². The molecule has 1 heterocycles. The second-order valence-electron chi connectivity index (χ2n) is 7.48. The first-order valence-electron chi connectivity index (χ1n) is 10.1. The second kappa shape index (κ2) is 11.7. The molecule has 1 aromatic heterocycles. The number of rotatable bonds is 8. The molecule has 168 valence electrons. The SMILES string of the molecule is CC(=O)c1ccc(C(F)(F)F)c(F)c1.CCCC(CC[C@H](C)CC)c1cc(N)on1. The van der Waals surface area contributed by atoms with E-state index in [4.69, 9.17) is 10.3 Å². The van der Waals surface area contributed by atoms with Crippen LogP contribution in [-0.2, 0) is 6.18 Å². The van der Waals surface area contributed by atoms with Gasteiger partial charge in [-0.25, -0.2) is 4.39 Å². The van der Waals surface area contributed by atoms with Gasteiger partial charge in [0.25, 0.3) is 0 Å². The number of nitrogens with zero attached hydrogens (tertiary/aromatic N) is 1. The van der Waals surface area contributed by atoms with Crippen molar-refractivity contribution in [2.24, 2.45) is 5.92 Å². The first-order valence-corrected chi connectivity index (χ1v) is 10.1. The van der Waals surface area contributed by atoms with Crippen LogP contribution >= 0.6 is 0 Å². The Hall–Kier alpha value is -2.38. The van der Waals surface area contributed by atoms with E-state index >= 15 is 0 Å². The van der Waals surface area contributed by atoms with Crippen LogP contribution in [0.5, 0.6) is 0 Å². The van der Waals surface area contributed by atoms with Crippen molar-refractivity contribution in [2.75, 3.05) is 5.73 Å². The number of carbonyl (C=O) groups is 1. The van der Waals surface area contributed by atoms with Crippen molar-refractivity contribution < 1.29 is 26.9 Å². The Morgan fingerprint density at radius 1 is 1.17 bits per heavy atom. The molecule has 4 nitrogen and oxygen atoms in total. The molecule has 2 aromatic rings. The molecule has 0 aliphatic rings. The molecule has 0 bridgehead atoms. The Labute approximate surface area is 174 Å². The highest BCUT2D eigenvalue weighted by atomic mass is 19.4. The van der Waals surface area contributed by atoms with Crippen LogP contribution in [0.3, 0.4) is 0 Å². The molecule has 0 spiro atoms. The summed E-state index contributed by atoms with van der Waals surface area (Å²) in [6, 6.07) is 3.97. The summed E-state index contributed by atoms with van der Waals surface area (Å²) >= 11 is 0. The smallest absolute Gasteiger partial charge is 0.368 e. The van der Waals surface area contributed by atoms with Crippen LogP contribution in [0.4, 0.5) is 23.4 Å². The van der Waals surface area contributed by atoms with Crippen LogP contribution < -0.4 is 5.73 Å². The number of Topliss-reactive ketones (excluding diaryl/α,β-unsaturated/α-hetero) is 1. The number of nitrogens with two attached hydrogens (primary N) is 1. The van der Waals surface area contributed by atoms with Gasteiger partial charge in [-0.1, -0.05) is 51.3 Å². The van der Waals surface area contributed by atoms with Gasteiger partial charge in [0.15, 0.2) is 5.78 Å². The fraction of sp³-hybridized carbons (Fsp3) is 0.545. The van der Waals surface area contributed by atoms with Gasteiger partial charge in [-0.05, 0) is 37.8 Å². The highest BCUT2D eigenvalue weighted by Crippen LogP contribution is 2.31. The summed E-state index contributed by atoms with van der Waals surface area (Å²) in [5.74, 6) is -0.161. The van der Waals surface area contributed by atoms with Crippen molar-refractivity contribution in [2.45, 2.75) is 71.9 Å². The zero-order valence-electron chi connectivity index (χ0n) is 17.9. The van der Waals surface area contributed by atoms with Gasteiger partial charge < -0.3 is 10.3 Å². The van der Waals surface area contributed by atoms with E-state index in [2.05, 4.69) is 25.9 Å². The van der Waals surface area contributed by atoms with Crippen LogP contribution in [0.2, 0.25) is 0 Å². The van der Waals surface area contributed by atoms with E-state index in [1.807, 2.05) is 6.07 Å². The zero-order valence-corrected chi connectivity index (χ0v) is 17.9. The molecule has 1 unspecified atom stereocenters. The fourth-order valence-electron chi connectivity index (χ4n) is 2.94. The number of alkyl halides is 3. The summed E-state index contributed by atoms with van der Waals surface area (Å²) in [6.07, 6.45) is 1.32. The highest BCUT2D eigenvalue weighted by Gasteiger charge is 2.34. The van der Waals surface area contributed by atoms with E-state index in [0.717, 1.165) is 24.6 Å². The minimum atomic E-state index is -4.72. The number of benzene rings is 1. The van der Waals surface area contributed by atoms with E-state index in [-0.39, 0.29) is 5.56 Å². The molecule has 1 aromatic carbocycles. The van der Waals surface area contributed by atoms with Crippen molar-refractivity contribution in [3.05, 3.63) is 46.9 Å². The highest BCUT2D eigenvalue weighted by molar-refractivity contribution is 5.94. The second-order valence-corrected chi connectivity index (χ2v) is 7.48. The normalized spacial score (nSPS) is 13.3. The average molecular weight is 430 g/mol. The monoisotopic (exact) mass is 430 g/mol. The van der Waals surface area contributed by atoms with Gasteiger partial charge in [0.05, 0.1) is 11.3 Å². The van der Waals surface area contributed by atoms with Crippen LogP contribution in [0, 0.1) is 11.7 Å². The molecule has 0 saturated carbocycles. The van der Waals surface area contributed by atoms with Crippen molar-refractivity contribution in [1.29, 1.82) is 0 Å². The number of aromatic nitrogens is 1. The van der Waals surface area contributed by atoms with E-state index < -0.39 is 23.3 Å². The first kappa shape index (κ1) is 25.7. The maximum atomic E-state index is 12.8. The van der Waals surface area contributed by atoms with E-state index in [9.17, 15) is 22.4 Å². The maximum absolute atomic E-state index is 12.8. The first-order chi connectivity index (χ1) is 14.0. The van der Waals surface area contributed by atoms with E-state index in [0.29, 0.717) is 23.9 Å². The Kier molecular flexibility index (Phi) is 10.0. The Bertz CT molecular complexity index is 803. The number of halogens is 4.